The molecule has 0 amide bonds. The zero-order valence-electron chi connectivity index (χ0n) is 11.2. The number of rotatable bonds is 4. The number of nitrogens with zero attached hydrogens (tertiary/aromatic N) is 4. The molecule has 0 bridgehead atoms. The maximum Gasteiger partial charge on any atom is 0.303 e. The Balaban J connectivity index is 0.00000162. The highest BCUT2D eigenvalue weighted by atomic mass is 35.5. The van der Waals surface area contributed by atoms with E-state index in [0.717, 1.165) is 18.9 Å². The average Bonchev–Trinajstić information content (AvgIpc) is 2.70. The van der Waals surface area contributed by atoms with Gasteiger partial charge in [-0.2, -0.15) is 0 Å². The first-order valence-corrected chi connectivity index (χ1v) is 6.26. The van der Waals surface area contributed by atoms with Crippen LogP contribution in [0.1, 0.15) is 25.1 Å². The first kappa shape index (κ1) is 18.2. The Kier molecular flexibility index (Phi) is 8.80. The third-order valence-electron chi connectivity index (χ3n) is 3.40. The lowest BCUT2D eigenvalue weighted by Gasteiger charge is -2.25. The monoisotopic (exact) mass is 308 g/mol. The van der Waals surface area contributed by atoms with Crippen LogP contribution in [0.4, 0.5) is 0 Å². The lowest BCUT2D eigenvalue weighted by atomic mass is 10.1. The van der Waals surface area contributed by atoms with Gasteiger partial charge in [0.2, 0.25) is 0 Å². The van der Waals surface area contributed by atoms with Crippen molar-refractivity contribution in [3.8, 4) is 0 Å². The molecule has 7 heteroatoms. The molecule has 1 aliphatic rings. The Labute approximate surface area is 126 Å². The average molecular weight is 309 g/mol. The lowest BCUT2D eigenvalue weighted by Crippen LogP contribution is -3.00. The third-order valence-corrected chi connectivity index (χ3v) is 3.40. The third kappa shape index (κ3) is 5.01. The summed E-state index contributed by atoms with van der Waals surface area (Å²) >= 11 is 0. The second kappa shape index (κ2) is 9.18. The normalized spacial score (nSPS) is 16.1. The van der Waals surface area contributed by atoms with Gasteiger partial charge in [0.25, 0.3) is 0 Å². The minimum absolute atomic E-state index is 0. The van der Waals surface area contributed by atoms with Crippen molar-refractivity contribution < 1.29 is 22.2 Å². The maximum absolute atomic E-state index is 8.64. The van der Waals surface area contributed by atoms with Gasteiger partial charge in [-0.25, -0.2) is 9.13 Å². The van der Waals surface area contributed by atoms with Gasteiger partial charge in [-0.1, -0.05) is 11.6 Å². The van der Waals surface area contributed by atoms with Crippen molar-refractivity contribution >= 4 is 18.6 Å². The van der Waals surface area contributed by atoms with E-state index in [1.807, 2.05) is 24.0 Å². The van der Waals surface area contributed by atoms with Gasteiger partial charge in [0, 0.05) is 6.54 Å². The second-order valence-corrected chi connectivity index (χ2v) is 4.61. The summed E-state index contributed by atoms with van der Waals surface area (Å²) < 4.78 is 4.07. The number of piperidine rings is 1. The minimum Gasteiger partial charge on any atom is -1.00 e. The van der Waals surface area contributed by atoms with Crippen LogP contribution in [0.15, 0.2) is 17.5 Å². The van der Waals surface area contributed by atoms with Crippen LogP contribution in [-0.4, -0.2) is 40.5 Å². The number of imidazole rings is 1. The van der Waals surface area contributed by atoms with E-state index in [4.69, 9.17) is 5.21 Å². The lowest BCUT2D eigenvalue weighted by molar-refractivity contribution is -0.671. The van der Waals surface area contributed by atoms with Crippen LogP contribution in [0.2, 0.25) is 0 Å². The number of likely N-dealkylation sites (tertiary alicyclic amines) is 1. The van der Waals surface area contributed by atoms with Crippen molar-refractivity contribution in [2.75, 3.05) is 19.6 Å². The fourth-order valence-electron chi connectivity index (χ4n) is 2.37. The number of halogens is 2. The smallest absolute Gasteiger partial charge is 0.303 e. The molecule has 2 rings (SSSR count). The van der Waals surface area contributed by atoms with Crippen LogP contribution >= 0.6 is 12.4 Å². The molecule has 1 fully saturated rings. The van der Waals surface area contributed by atoms with Crippen LogP contribution in [0.5, 0.6) is 0 Å². The zero-order chi connectivity index (χ0) is 12.1. The highest BCUT2D eigenvalue weighted by molar-refractivity contribution is 5.85. The summed E-state index contributed by atoms with van der Waals surface area (Å²) in [6, 6.07) is 0. The Hall–Kier alpha value is -0.780. The summed E-state index contributed by atoms with van der Waals surface area (Å²) in [4.78, 5) is 2.50. The van der Waals surface area contributed by atoms with Crippen molar-refractivity contribution in [2.24, 2.45) is 12.2 Å². The summed E-state index contributed by atoms with van der Waals surface area (Å²) in [6.07, 6.45) is 9.51. The molecular formula is C12H22Cl2N4O. The van der Waals surface area contributed by atoms with Gasteiger partial charge in [0.15, 0.2) is 6.21 Å². The summed E-state index contributed by atoms with van der Waals surface area (Å²) in [5.41, 5.74) is 0. The molecule has 5 nitrogen and oxygen atoms in total. The molecule has 0 spiro atoms. The molecule has 0 unspecified atom stereocenters. The van der Waals surface area contributed by atoms with E-state index in [1.165, 1.54) is 38.6 Å². The van der Waals surface area contributed by atoms with Crippen molar-refractivity contribution in [1.29, 1.82) is 0 Å². The molecule has 1 saturated heterocycles. The standard InChI is InChI=1S/C12H20N4O.2ClH/c1-14-7-9-16(12(14)11-13-17)10-8-15-5-3-2-4-6-15;;/h7,9,11H,2-6,8,10H2,1H3;2*1H. The Morgan fingerprint density at radius 3 is 2.63 bits per heavy atom. The zero-order valence-corrected chi connectivity index (χ0v) is 12.8. The number of hydrogen-bond donors (Lipinski definition) is 1. The van der Waals surface area contributed by atoms with Crippen molar-refractivity contribution in [3.05, 3.63) is 18.2 Å². The quantitative estimate of drug-likeness (QED) is 0.304. The van der Waals surface area contributed by atoms with Crippen LogP contribution in [-0.2, 0) is 13.6 Å². The molecule has 2 heterocycles. The number of hydrogen-bond acceptors (Lipinski definition) is 3. The molecule has 19 heavy (non-hydrogen) atoms. The van der Waals surface area contributed by atoms with E-state index in [0.29, 0.717) is 0 Å². The summed E-state index contributed by atoms with van der Waals surface area (Å²) in [7, 11) is 1.95. The number of oxime groups is 1. The SMILES string of the molecule is C[n+]1ccn(CCN2CCCCC2)c1/C=N/O.Cl.[Cl-]. The topological polar surface area (TPSA) is 44.6 Å². The molecule has 1 aromatic heterocycles. The molecule has 1 aromatic rings. The van der Waals surface area contributed by atoms with Crippen molar-refractivity contribution in [1.82, 2.24) is 9.47 Å². The molecular weight excluding hydrogens is 287 g/mol. The molecule has 0 aromatic carbocycles. The summed E-state index contributed by atoms with van der Waals surface area (Å²) in [5, 5.41) is 11.8. The van der Waals surface area contributed by atoms with E-state index in [-0.39, 0.29) is 24.8 Å². The van der Waals surface area contributed by atoms with E-state index in [2.05, 4.69) is 14.6 Å². The second-order valence-electron chi connectivity index (χ2n) is 4.61. The van der Waals surface area contributed by atoms with Gasteiger partial charge < -0.3 is 17.6 Å². The van der Waals surface area contributed by atoms with Gasteiger partial charge in [0.1, 0.15) is 18.9 Å². The predicted octanol–water partition coefficient (Wildman–Crippen LogP) is -1.97. The van der Waals surface area contributed by atoms with Crippen LogP contribution in [0.3, 0.4) is 0 Å². The van der Waals surface area contributed by atoms with E-state index in [1.54, 1.807) is 0 Å². The van der Waals surface area contributed by atoms with E-state index in [9.17, 15) is 0 Å². The van der Waals surface area contributed by atoms with Crippen LogP contribution in [0.25, 0.3) is 0 Å². The van der Waals surface area contributed by atoms with Crippen LogP contribution in [0, 0.1) is 0 Å². The van der Waals surface area contributed by atoms with E-state index < -0.39 is 0 Å². The van der Waals surface area contributed by atoms with E-state index >= 15 is 0 Å². The molecule has 110 valence electrons. The predicted molar refractivity (Wildman–Crippen MR) is 72.5 cm³/mol. The van der Waals surface area contributed by atoms with Gasteiger partial charge >= 0.3 is 5.82 Å². The molecule has 0 atom stereocenters. The fourth-order valence-corrected chi connectivity index (χ4v) is 2.37. The molecule has 0 radical (unpaired) electrons. The van der Waals surface area contributed by atoms with Gasteiger partial charge in [-0.15, -0.1) is 12.4 Å². The van der Waals surface area contributed by atoms with Gasteiger partial charge in [-0.3, -0.25) is 4.90 Å². The highest BCUT2D eigenvalue weighted by Gasteiger charge is 2.15. The molecule has 0 saturated carbocycles. The summed E-state index contributed by atoms with van der Waals surface area (Å²) in [5.74, 6) is 0.921. The number of aryl methyl sites for hydroxylation is 1. The summed E-state index contributed by atoms with van der Waals surface area (Å²) in [6.45, 7) is 4.46. The Morgan fingerprint density at radius 2 is 2.00 bits per heavy atom. The maximum atomic E-state index is 8.64. The van der Waals surface area contributed by atoms with Gasteiger partial charge in [-0.05, 0) is 25.9 Å². The molecule has 1 aliphatic heterocycles. The largest absolute Gasteiger partial charge is 1.00 e. The van der Waals surface area contributed by atoms with Crippen molar-refractivity contribution in [3.63, 3.8) is 0 Å². The number of aromatic nitrogens is 2. The van der Waals surface area contributed by atoms with Crippen molar-refractivity contribution in [2.45, 2.75) is 25.8 Å². The Morgan fingerprint density at radius 1 is 1.32 bits per heavy atom. The first-order valence-electron chi connectivity index (χ1n) is 6.26. The van der Waals surface area contributed by atoms with Gasteiger partial charge in [0.05, 0.1) is 7.05 Å². The highest BCUT2D eigenvalue weighted by Crippen LogP contribution is 2.08. The first-order chi connectivity index (χ1) is 8.31. The molecule has 0 aliphatic carbocycles. The Bertz CT molecular complexity index is 389. The fraction of sp³-hybridized carbons (Fsp3) is 0.667. The molecule has 1 N–H and O–H groups in total. The minimum atomic E-state index is 0. The van der Waals surface area contributed by atoms with Crippen LogP contribution < -0.4 is 17.0 Å².